The fourth-order valence-corrected chi connectivity index (χ4v) is 4.01. The zero-order chi connectivity index (χ0) is 20.9. The van der Waals surface area contributed by atoms with Crippen molar-refractivity contribution in [2.45, 2.75) is 32.7 Å². The number of carbonyl (C=O) groups is 1. The lowest BCUT2D eigenvalue weighted by atomic mass is 10.1. The molecule has 2 aromatic heterocycles. The van der Waals surface area contributed by atoms with Gasteiger partial charge in [-0.3, -0.25) is 14.9 Å². The van der Waals surface area contributed by atoms with Crippen LogP contribution in [0.15, 0.2) is 64.8 Å². The van der Waals surface area contributed by atoms with Crippen LogP contribution in [0.25, 0.3) is 22.0 Å². The van der Waals surface area contributed by atoms with Gasteiger partial charge in [-0.1, -0.05) is 68.3 Å². The Morgan fingerprint density at radius 3 is 2.53 bits per heavy atom. The Labute approximate surface area is 178 Å². The maximum atomic E-state index is 13.0. The summed E-state index contributed by atoms with van der Waals surface area (Å²) in [5, 5.41) is 10.7. The number of thiazole rings is 1. The van der Waals surface area contributed by atoms with Crippen molar-refractivity contribution in [1.82, 2.24) is 14.8 Å². The molecule has 0 fully saturated rings. The number of amides is 1. The third-order valence-corrected chi connectivity index (χ3v) is 5.61. The first kappa shape index (κ1) is 20.0. The lowest BCUT2D eigenvalue weighted by Gasteiger charge is -2.10. The smallest absolute Gasteiger partial charge is 0.278 e. The Bertz CT molecular complexity index is 1230. The van der Waals surface area contributed by atoms with Crippen LogP contribution in [0.4, 0.5) is 5.13 Å². The van der Waals surface area contributed by atoms with E-state index in [1.807, 2.05) is 35.7 Å². The number of nitrogens with one attached hydrogen (secondary N) is 1. The van der Waals surface area contributed by atoms with Crippen LogP contribution < -0.4 is 10.9 Å². The van der Waals surface area contributed by atoms with E-state index < -0.39 is 0 Å². The number of nitrogens with zero attached hydrogens (tertiary/aromatic N) is 3. The summed E-state index contributed by atoms with van der Waals surface area (Å²) in [5.41, 5.74) is 1.86. The number of carbonyl (C=O) groups excluding carboxylic acids is 1. The van der Waals surface area contributed by atoms with Gasteiger partial charge in [0.2, 0.25) is 0 Å². The molecule has 0 atom stereocenters. The van der Waals surface area contributed by atoms with Crippen molar-refractivity contribution in [3.63, 3.8) is 0 Å². The summed E-state index contributed by atoms with van der Waals surface area (Å²) in [5.74, 6) is -0.371. The van der Waals surface area contributed by atoms with E-state index in [-0.39, 0.29) is 17.2 Å². The second-order valence-corrected chi connectivity index (χ2v) is 7.85. The Hall–Kier alpha value is -3.32. The average Bonchev–Trinajstić information content (AvgIpc) is 3.24. The van der Waals surface area contributed by atoms with Crippen LogP contribution in [0, 0.1) is 0 Å². The van der Waals surface area contributed by atoms with Crippen molar-refractivity contribution in [3.05, 3.63) is 76.0 Å². The minimum Gasteiger partial charge on any atom is -0.296 e. The second-order valence-electron chi connectivity index (χ2n) is 6.99. The standard InChI is InChI=1S/C23H22N4O2S/c1-2-3-9-14-27-22(29)18-13-8-7-12-17(18)20(26-27)21(28)25-23-24-19(15-30-23)16-10-5-4-6-11-16/h4-8,10-13,15H,2-3,9,14H2,1H3,(H,24,25,28). The maximum Gasteiger partial charge on any atom is 0.278 e. The van der Waals surface area contributed by atoms with Gasteiger partial charge >= 0.3 is 0 Å². The van der Waals surface area contributed by atoms with Gasteiger partial charge in [0.15, 0.2) is 10.8 Å². The molecule has 0 radical (unpaired) electrons. The van der Waals surface area contributed by atoms with Crippen LogP contribution in [-0.4, -0.2) is 20.7 Å². The number of rotatable bonds is 7. The van der Waals surface area contributed by atoms with Crippen LogP contribution in [-0.2, 0) is 6.54 Å². The first-order chi connectivity index (χ1) is 14.7. The highest BCUT2D eigenvalue weighted by atomic mass is 32.1. The first-order valence-electron chi connectivity index (χ1n) is 9.99. The van der Waals surface area contributed by atoms with E-state index in [0.29, 0.717) is 22.4 Å². The first-order valence-corrected chi connectivity index (χ1v) is 10.9. The van der Waals surface area contributed by atoms with Crippen molar-refractivity contribution < 1.29 is 4.79 Å². The molecular formula is C23H22N4O2S. The molecule has 7 heteroatoms. The SMILES string of the molecule is CCCCCn1nc(C(=O)Nc2nc(-c3ccccc3)cs2)c2ccccc2c1=O. The van der Waals surface area contributed by atoms with Gasteiger partial charge in [0.25, 0.3) is 11.5 Å². The molecule has 4 aromatic rings. The maximum absolute atomic E-state index is 13.0. The number of anilines is 1. The molecule has 2 aromatic carbocycles. The van der Waals surface area contributed by atoms with E-state index in [9.17, 15) is 9.59 Å². The van der Waals surface area contributed by atoms with Gasteiger partial charge in [-0.05, 0) is 12.5 Å². The highest BCUT2D eigenvalue weighted by Crippen LogP contribution is 2.25. The van der Waals surface area contributed by atoms with Crippen molar-refractivity contribution in [2.75, 3.05) is 5.32 Å². The molecule has 6 nitrogen and oxygen atoms in total. The predicted octanol–water partition coefficient (Wildman–Crippen LogP) is 4.96. The van der Waals surface area contributed by atoms with Gasteiger partial charge < -0.3 is 0 Å². The normalized spacial score (nSPS) is 11.0. The largest absolute Gasteiger partial charge is 0.296 e. The summed E-state index contributed by atoms with van der Waals surface area (Å²) in [6, 6.07) is 16.9. The van der Waals surface area contributed by atoms with Crippen molar-refractivity contribution in [2.24, 2.45) is 0 Å². The van der Waals surface area contributed by atoms with Crippen molar-refractivity contribution >= 4 is 33.1 Å². The number of unbranched alkanes of at least 4 members (excludes halogenated alkanes) is 2. The summed E-state index contributed by atoms with van der Waals surface area (Å²) >= 11 is 1.36. The zero-order valence-electron chi connectivity index (χ0n) is 16.7. The molecule has 1 amide bonds. The monoisotopic (exact) mass is 418 g/mol. The molecule has 0 unspecified atom stereocenters. The average molecular weight is 419 g/mol. The van der Waals surface area contributed by atoms with Crippen LogP contribution in [0.2, 0.25) is 0 Å². The number of aromatic nitrogens is 3. The molecule has 0 saturated carbocycles. The van der Waals surface area contributed by atoms with Gasteiger partial charge in [0.05, 0.1) is 11.1 Å². The van der Waals surface area contributed by atoms with E-state index in [1.165, 1.54) is 16.0 Å². The van der Waals surface area contributed by atoms with Gasteiger partial charge in [-0.25, -0.2) is 9.67 Å². The van der Waals surface area contributed by atoms with Gasteiger partial charge in [-0.15, -0.1) is 11.3 Å². The number of fused-ring (bicyclic) bond motifs is 1. The lowest BCUT2D eigenvalue weighted by Crippen LogP contribution is -2.27. The molecule has 0 aliphatic rings. The third kappa shape index (κ3) is 4.16. The summed E-state index contributed by atoms with van der Waals surface area (Å²) < 4.78 is 1.41. The molecule has 0 bridgehead atoms. The van der Waals surface area contributed by atoms with Gasteiger partial charge in [0, 0.05) is 22.9 Å². The topological polar surface area (TPSA) is 76.9 Å². The summed E-state index contributed by atoms with van der Waals surface area (Å²) in [4.78, 5) is 30.3. The third-order valence-electron chi connectivity index (χ3n) is 4.85. The van der Waals surface area contributed by atoms with Gasteiger partial charge in [-0.2, -0.15) is 5.10 Å². The molecule has 152 valence electrons. The minimum atomic E-state index is -0.371. The molecule has 1 N–H and O–H groups in total. The second kappa shape index (κ2) is 9.00. The molecule has 4 rings (SSSR count). The van der Waals surface area contributed by atoms with E-state index in [4.69, 9.17) is 0 Å². The van der Waals surface area contributed by atoms with Crippen LogP contribution in [0.3, 0.4) is 0 Å². The van der Waals surface area contributed by atoms with Crippen molar-refractivity contribution in [3.8, 4) is 11.3 Å². The molecule has 0 spiro atoms. The van der Waals surface area contributed by atoms with Crippen molar-refractivity contribution in [1.29, 1.82) is 0 Å². The summed E-state index contributed by atoms with van der Waals surface area (Å²) in [6.45, 7) is 2.60. The van der Waals surface area contributed by atoms with Crippen LogP contribution >= 0.6 is 11.3 Å². The van der Waals surface area contributed by atoms with Crippen LogP contribution in [0.1, 0.15) is 36.7 Å². The quantitative estimate of drug-likeness (QED) is 0.430. The number of hydrogen-bond acceptors (Lipinski definition) is 5. The summed E-state index contributed by atoms with van der Waals surface area (Å²) in [6.07, 6.45) is 2.89. The zero-order valence-corrected chi connectivity index (χ0v) is 17.5. The molecule has 0 saturated heterocycles. The predicted molar refractivity (Wildman–Crippen MR) is 121 cm³/mol. The number of aryl methyl sites for hydroxylation is 1. The highest BCUT2D eigenvalue weighted by molar-refractivity contribution is 7.14. The van der Waals surface area contributed by atoms with E-state index >= 15 is 0 Å². The molecule has 0 aliphatic carbocycles. The Morgan fingerprint density at radius 2 is 1.77 bits per heavy atom. The Balaban J connectivity index is 1.65. The van der Waals surface area contributed by atoms with E-state index in [1.54, 1.807) is 24.3 Å². The van der Waals surface area contributed by atoms with E-state index in [2.05, 4.69) is 22.3 Å². The fraction of sp³-hybridized carbons (Fsp3) is 0.217. The fourth-order valence-electron chi connectivity index (χ4n) is 3.29. The highest BCUT2D eigenvalue weighted by Gasteiger charge is 2.18. The van der Waals surface area contributed by atoms with Gasteiger partial charge in [0.1, 0.15) is 0 Å². The molecule has 2 heterocycles. The summed E-state index contributed by atoms with van der Waals surface area (Å²) in [7, 11) is 0. The number of benzene rings is 2. The minimum absolute atomic E-state index is 0.168. The Kier molecular flexibility index (Phi) is 5.99. The van der Waals surface area contributed by atoms with E-state index in [0.717, 1.165) is 30.5 Å². The van der Waals surface area contributed by atoms with Crippen LogP contribution in [0.5, 0.6) is 0 Å². The number of hydrogen-bond donors (Lipinski definition) is 1. The Morgan fingerprint density at radius 1 is 1.03 bits per heavy atom. The molecule has 30 heavy (non-hydrogen) atoms. The molecular weight excluding hydrogens is 396 g/mol. The lowest BCUT2D eigenvalue weighted by molar-refractivity contribution is 0.102. The molecule has 0 aliphatic heterocycles.